The van der Waals surface area contributed by atoms with Crippen LogP contribution in [-0.4, -0.2) is 16.5 Å². The third-order valence-electron chi connectivity index (χ3n) is 2.35. The van der Waals surface area contributed by atoms with Crippen molar-refractivity contribution in [1.82, 2.24) is 9.97 Å². The molecule has 0 amide bonds. The molecule has 1 aromatic heterocycles. The van der Waals surface area contributed by atoms with Crippen molar-refractivity contribution in [2.75, 3.05) is 17.6 Å². The SMILES string of the molecule is Nc1cc(Br)nc(NCCc2ccccc2F)n1. The fraction of sp³-hybridized carbons (Fsp3) is 0.167. The van der Waals surface area contributed by atoms with Gasteiger partial charge >= 0.3 is 0 Å². The molecule has 2 aromatic rings. The first-order valence-electron chi connectivity index (χ1n) is 5.42. The molecule has 0 fully saturated rings. The minimum absolute atomic E-state index is 0.200. The number of nitrogen functional groups attached to an aromatic ring is 1. The minimum Gasteiger partial charge on any atom is -0.383 e. The highest BCUT2D eigenvalue weighted by Crippen LogP contribution is 2.12. The van der Waals surface area contributed by atoms with Gasteiger partial charge in [0.05, 0.1) is 0 Å². The monoisotopic (exact) mass is 310 g/mol. The number of rotatable bonds is 4. The van der Waals surface area contributed by atoms with Gasteiger partial charge in [0.25, 0.3) is 0 Å². The van der Waals surface area contributed by atoms with Crippen LogP contribution < -0.4 is 11.1 Å². The number of benzene rings is 1. The highest BCUT2D eigenvalue weighted by Gasteiger charge is 2.02. The van der Waals surface area contributed by atoms with Crippen molar-refractivity contribution in [3.05, 3.63) is 46.3 Å². The van der Waals surface area contributed by atoms with Gasteiger partial charge in [0, 0.05) is 12.6 Å². The summed E-state index contributed by atoms with van der Waals surface area (Å²) in [6.45, 7) is 0.539. The highest BCUT2D eigenvalue weighted by molar-refractivity contribution is 9.10. The van der Waals surface area contributed by atoms with Crippen LogP contribution >= 0.6 is 15.9 Å². The quantitative estimate of drug-likeness (QED) is 0.852. The summed E-state index contributed by atoms with van der Waals surface area (Å²) in [5.41, 5.74) is 6.25. The Morgan fingerprint density at radius 3 is 2.78 bits per heavy atom. The van der Waals surface area contributed by atoms with E-state index >= 15 is 0 Å². The molecule has 0 saturated carbocycles. The van der Waals surface area contributed by atoms with E-state index in [1.165, 1.54) is 6.07 Å². The third kappa shape index (κ3) is 3.40. The molecular weight excluding hydrogens is 299 g/mol. The molecule has 0 saturated heterocycles. The van der Waals surface area contributed by atoms with Gasteiger partial charge < -0.3 is 11.1 Å². The number of anilines is 2. The van der Waals surface area contributed by atoms with Gasteiger partial charge in [-0.2, -0.15) is 4.98 Å². The van der Waals surface area contributed by atoms with Gasteiger partial charge in [0.1, 0.15) is 16.2 Å². The summed E-state index contributed by atoms with van der Waals surface area (Å²) in [7, 11) is 0. The van der Waals surface area contributed by atoms with Gasteiger partial charge in [-0.15, -0.1) is 0 Å². The summed E-state index contributed by atoms with van der Waals surface area (Å²) in [6.07, 6.45) is 0.558. The number of nitrogens with one attached hydrogen (secondary N) is 1. The lowest BCUT2D eigenvalue weighted by Crippen LogP contribution is -2.09. The standard InChI is InChI=1S/C12H12BrFN4/c13-10-7-11(15)18-12(17-10)16-6-5-8-3-1-2-4-9(8)14/h1-4,7H,5-6H2,(H3,15,16,17,18). The van der Waals surface area contributed by atoms with E-state index in [2.05, 4.69) is 31.2 Å². The second kappa shape index (κ2) is 5.77. The first kappa shape index (κ1) is 12.8. The molecule has 0 bridgehead atoms. The topological polar surface area (TPSA) is 63.8 Å². The summed E-state index contributed by atoms with van der Waals surface area (Å²) >= 11 is 3.23. The second-order valence-electron chi connectivity index (χ2n) is 3.71. The molecule has 2 rings (SSSR count). The van der Waals surface area contributed by atoms with Crippen molar-refractivity contribution in [3.63, 3.8) is 0 Å². The lowest BCUT2D eigenvalue weighted by molar-refractivity contribution is 0.610. The Morgan fingerprint density at radius 1 is 1.28 bits per heavy atom. The minimum atomic E-state index is -0.200. The van der Waals surface area contributed by atoms with Crippen molar-refractivity contribution in [2.45, 2.75) is 6.42 Å². The first-order chi connectivity index (χ1) is 8.65. The van der Waals surface area contributed by atoms with Crippen molar-refractivity contribution in [2.24, 2.45) is 0 Å². The van der Waals surface area contributed by atoms with E-state index in [0.717, 1.165) is 0 Å². The number of hydrogen-bond acceptors (Lipinski definition) is 4. The average Bonchev–Trinajstić information content (AvgIpc) is 2.30. The maximum Gasteiger partial charge on any atom is 0.225 e. The van der Waals surface area contributed by atoms with Crippen LogP contribution in [0.5, 0.6) is 0 Å². The van der Waals surface area contributed by atoms with Gasteiger partial charge in [-0.1, -0.05) is 18.2 Å². The molecule has 0 atom stereocenters. The van der Waals surface area contributed by atoms with Crippen LogP contribution in [0.15, 0.2) is 34.9 Å². The van der Waals surface area contributed by atoms with E-state index in [4.69, 9.17) is 5.73 Å². The molecule has 4 nitrogen and oxygen atoms in total. The predicted octanol–water partition coefficient (Wildman–Crippen LogP) is 2.62. The van der Waals surface area contributed by atoms with Crippen molar-refractivity contribution < 1.29 is 4.39 Å². The summed E-state index contributed by atoms with van der Waals surface area (Å²) in [6, 6.07) is 8.30. The molecule has 18 heavy (non-hydrogen) atoms. The van der Waals surface area contributed by atoms with Crippen LogP contribution in [0.2, 0.25) is 0 Å². The fourth-order valence-electron chi connectivity index (χ4n) is 1.52. The van der Waals surface area contributed by atoms with Crippen LogP contribution in [0.1, 0.15) is 5.56 Å². The molecule has 0 aliphatic heterocycles. The Kier molecular flexibility index (Phi) is 4.09. The van der Waals surface area contributed by atoms with Crippen LogP contribution in [0.3, 0.4) is 0 Å². The molecular formula is C12H12BrFN4. The van der Waals surface area contributed by atoms with Gasteiger partial charge in [0.2, 0.25) is 5.95 Å². The smallest absolute Gasteiger partial charge is 0.225 e. The molecule has 0 spiro atoms. The zero-order chi connectivity index (χ0) is 13.0. The molecule has 0 aliphatic rings. The maximum absolute atomic E-state index is 13.4. The zero-order valence-corrected chi connectivity index (χ0v) is 11.1. The van der Waals surface area contributed by atoms with E-state index in [1.54, 1.807) is 18.2 Å². The number of nitrogens with two attached hydrogens (primary N) is 1. The number of halogens is 2. The molecule has 0 unspecified atom stereocenters. The van der Waals surface area contributed by atoms with E-state index in [1.807, 2.05) is 6.07 Å². The number of nitrogens with zero attached hydrogens (tertiary/aromatic N) is 2. The van der Waals surface area contributed by atoms with Gasteiger partial charge in [-0.3, -0.25) is 0 Å². The van der Waals surface area contributed by atoms with Crippen LogP contribution in [0, 0.1) is 5.82 Å². The van der Waals surface area contributed by atoms with E-state index < -0.39 is 0 Å². The zero-order valence-electron chi connectivity index (χ0n) is 9.53. The average molecular weight is 311 g/mol. The molecule has 1 heterocycles. The number of hydrogen-bond donors (Lipinski definition) is 2. The Hall–Kier alpha value is -1.69. The lowest BCUT2D eigenvalue weighted by Gasteiger charge is -2.06. The lowest BCUT2D eigenvalue weighted by atomic mass is 10.1. The third-order valence-corrected chi connectivity index (χ3v) is 2.76. The van der Waals surface area contributed by atoms with Gasteiger partial charge in [-0.25, -0.2) is 9.37 Å². The van der Waals surface area contributed by atoms with Crippen molar-refractivity contribution in [3.8, 4) is 0 Å². The summed E-state index contributed by atoms with van der Waals surface area (Å²) in [5.74, 6) is 0.609. The van der Waals surface area contributed by atoms with Crippen molar-refractivity contribution in [1.29, 1.82) is 0 Å². The van der Waals surface area contributed by atoms with Crippen LogP contribution in [-0.2, 0) is 6.42 Å². The molecule has 6 heteroatoms. The molecule has 3 N–H and O–H groups in total. The van der Waals surface area contributed by atoms with E-state index in [0.29, 0.717) is 34.9 Å². The summed E-state index contributed by atoms with van der Waals surface area (Å²) < 4.78 is 14.0. The first-order valence-corrected chi connectivity index (χ1v) is 6.22. The molecule has 0 radical (unpaired) electrons. The maximum atomic E-state index is 13.4. The Balaban J connectivity index is 1.94. The van der Waals surface area contributed by atoms with E-state index in [-0.39, 0.29) is 5.82 Å². The molecule has 1 aromatic carbocycles. The summed E-state index contributed by atoms with van der Waals surface area (Å²) in [5, 5.41) is 3.00. The molecule has 94 valence electrons. The van der Waals surface area contributed by atoms with Crippen LogP contribution in [0.4, 0.5) is 16.2 Å². The predicted molar refractivity (Wildman–Crippen MR) is 72.7 cm³/mol. The van der Waals surface area contributed by atoms with Gasteiger partial charge in [0.15, 0.2) is 0 Å². The molecule has 0 aliphatic carbocycles. The van der Waals surface area contributed by atoms with Crippen LogP contribution in [0.25, 0.3) is 0 Å². The second-order valence-corrected chi connectivity index (χ2v) is 4.52. The van der Waals surface area contributed by atoms with Gasteiger partial charge in [-0.05, 0) is 34.0 Å². The normalized spacial score (nSPS) is 10.3. The Morgan fingerprint density at radius 2 is 2.06 bits per heavy atom. The highest BCUT2D eigenvalue weighted by atomic mass is 79.9. The Labute approximate surface area is 113 Å². The summed E-state index contributed by atoms with van der Waals surface area (Å²) in [4.78, 5) is 8.13. The largest absolute Gasteiger partial charge is 0.383 e. The van der Waals surface area contributed by atoms with E-state index in [9.17, 15) is 4.39 Å². The Bertz CT molecular complexity index is 527. The fourth-order valence-corrected chi connectivity index (χ4v) is 1.93. The van der Waals surface area contributed by atoms with Crippen molar-refractivity contribution >= 4 is 27.7 Å². The number of aromatic nitrogens is 2.